The van der Waals surface area contributed by atoms with E-state index in [2.05, 4.69) is 0 Å². The first kappa shape index (κ1) is 6.58. The fourth-order valence-electron chi connectivity index (χ4n) is 3.08. The van der Waals surface area contributed by atoms with Gasteiger partial charge in [0.15, 0.2) is 0 Å². The molecule has 0 saturated heterocycles. The molecule has 0 heterocycles. The average Bonchev–Trinajstić information content (AvgIpc) is 2.59. The van der Waals surface area contributed by atoms with Crippen LogP contribution in [0, 0.1) is 23.7 Å². The van der Waals surface area contributed by atoms with Gasteiger partial charge in [-0.15, -0.1) is 0 Å². The molecule has 2 fully saturated rings. The van der Waals surface area contributed by atoms with Crippen LogP contribution in [0.2, 0.25) is 0 Å². The first-order valence-electron chi connectivity index (χ1n) is 4.51. The third kappa shape index (κ3) is 0.576. The van der Waals surface area contributed by atoms with Gasteiger partial charge in [0.25, 0.3) is 0 Å². The third-order valence-electron chi connectivity index (χ3n) is 3.57. The number of Topliss-reactive ketones (excluding diaryl/α,β-unsaturated/α-hetero) is 2. The highest BCUT2D eigenvalue weighted by Gasteiger charge is 2.54. The van der Waals surface area contributed by atoms with Gasteiger partial charge in [0.05, 0.1) is 0 Å². The molecule has 0 amide bonds. The number of hydrogen-bond donors (Lipinski definition) is 0. The topological polar surface area (TPSA) is 34.1 Å². The van der Waals surface area contributed by atoms with E-state index in [1.807, 2.05) is 12.2 Å². The van der Waals surface area contributed by atoms with Gasteiger partial charge in [-0.1, -0.05) is 12.2 Å². The van der Waals surface area contributed by atoms with Crippen molar-refractivity contribution >= 4 is 11.6 Å². The van der Waals surface area contributed by atoms with E-state index in [9.17, 15) is 9.59 Å². The second-order valence-corrected chi connectivity index (χ2v) is 4.11. The molecule has 3 rings (SSSR count). The van der Waals surface area contributed by atoms with E-state index in [1.54, 1.807) is 0 Å². The number of carbonyl (C=O) groups excluding carboxylic acids is 2. The van der Waals surface area contributed by atoms with Crippen molar-refractivity contribution in [1.82, 2.24) is 0 Å². The third-order valence-corrected chi connectivity index (χ3v) is 3.57. The average molecular weight is 162 g/mol. The maximum Gasteiger partial charge on any atom is 0.140 e. The van der Waals surface area contributed by atoms with Crippen LogP contribution in [0.3, 0.4) is 0 Å². The molecule has 0 aromatic carbocycles. The maximum absolute atomic E-state index is 11.4. The van der Waals surface area contributed by atoms with Gasteiger partial charge in [0, 0.05) is 24.7 Å². The van der Waals surface area contributed by atoms with Crippen molar-refractivity contribution in [3.05, 3.63) is 12.2 Å². The molecule has 2 atom stereocenters. The van der Waals surface area contributed by atoms with Gasteiger partial charge in [-0.2, -0.15) is 0 Å². The van der Waals surface area contributed by atoms with E-state index in [4.69, 9.17) is 0 Å². The minimum atomic E-state index is 0.103. The summed E-state index contributed by atoms with van der Waals surface area (Å²) in [7, 11) is 0. The molecule has 0 N–H and O–H groups in total. The summed E-state index contributed by atoms with van der Waals surface area (Å²) in [6.07, 6.45) is 5.22. The number of ketones is 2. The van der Waals surface area contributed by atoms with Gasteiger partial charge in [0.1, 0.15) is 11.6 Å². The number of rotatable bonds is 0. The molecule has 0 aliphatic heterocycles. The van der Waals surface area contributed by atoms with Crippen LogP contribution < -0.4 is 0 Å². The molecule has 3 aliphatic carbocycles. The fraction of sp³-hybridized carbons (Fsp3) is 0.600. The predicted octanol–water partition coefficient (Wildman–Crippen LogP) is 0.967. The summed E-state index contributed by atoms with van der Waals surface area (Å²) in [5.74, 6) is 1.67. The van der Waals surface area contributed by atoms with Crippen molar-refractivity contribution in [3.63, 3.8) is 0 Å². The van der Waals surface area contributed by atoms with Crippen molar-refractivity contribution in [2.24, 2.45) is 23.7 Å². The lowest BCUT2D eigenvalue weighted by Gasteiger charge is -2.10. The summed E-state index contributed by atoms with van der Waals surface area (Å²) in [4.78, 5) is 22.8. The van der Waals surface area contributed by atoms with Crippen LogP contribution in [0.15, 0.2) is 12.2 Å². The first-order valence-corrected chi connectivity index (χ1v) is 4.51. The van der Waals surface area contributed by atoms with Gasteiger partial charge in [-0.25, -0.2) is 0 Å². The molecule has 0 radical (unpaired) electrons. The molecule has 2 unspecified atom stereocenters. The van der Waals surface area contributed by atoms with E-state index >= 15 is 0 Å². The van der Waals surface area contributed by atoms with Crippen LogP contribution in [0.25, 0.3) is 0 Å². The lowest BCUT2D eigenvalue weighted by molar-refractivity contribution is -0.122. The van der Waals surface area contributed by atoms with E-state index < -0.39 is 0 Å². The Labute approximate surface area is 70.6 Å². The zero-order valence-electron chi connectivity index (χ0n) is 6.69. The van der Waals surface area contributed by atoms with Crippen molar-refractivity contribution in [1.29, 1.82) is 0 Å². The number of carbonyl (C=O) groups is 2. The fourth-order valence-corrected chi connectivity index (χ4v) is 3.08. The number of allylic oxidation sites excluding steroid dienone is 2. The Morgan fingerprint density at radius 3 is 2.00 bits per heavy atom. The normalized spacial score (nSPS) is 49.0. The molecule has 12 heavy (non-hydrogen) atoms. The molecular formula is C10H10O2. The van der Waals surface area contributed by atoms with Crippen LogP contribution in [0.5, 0.6) is 0 Å². The Morgan fingerprint density at radius 1 is 1.00 bits per heavy atom. The Morgan fingerprint density at radius 2 is 1.50 bits per heavy atom. The molecular weight excluding hydrogens is 152 g/mol. The highest BCUT2D eigenvalue weighted by atomic mass is 16.1. The second kappa shape index (κ2) is 1.87. The minimum Gasteiger partial charge on any atom is -0.299 e. The second-order valence-electron chi connectivity index (χ2n) is 4.11. The monoisotopic (exact) mass is 162 g/mol. The summed E-state index contributed by atoms with van der Waals surface area (Å²) >= 11 is 0. The van der Waals surface area contributed by atoms with E-state index in [0.29, 0.717) is 36.2 Å². The molecule has 2 heteroatoms. The Bertz CT molecular complexity index is 275. The van der Waals surface area contributed by atoms with E-state index in [1.165, 1.54) is 0 Å². The van der Waals surface area contributed by atoms with E-state index in [0.717, 1.165) is 0 Å². The summed E-state index contributed by atoms with van der Waals surface area (Å²) in [6, 6.07) is 0. The molecule has 0 spiro atoms. The molecule has 0 bridgehead atoms. The van der Waals surface area contributed by atoms with Gasteiger partial charge in [-0.05, 0) is 11.8 Å². The SMILES string of the molecule is O=C1CC2CC(=O)C3C=CC1C23. The lowest BCUT2D eigenvalue weighted by Crippen LogP contribution is -2.15. The van der Waals surface area contributed by atoms with Gasteiger partial charge in [-0.3, -0.25) is 9.59 Å². The minimum absolute atomic E-state index is 0.103. The van der Waals surface area contributed by atoms with Gasteiger partial charge >= 0.3 is 0 Å². The Balaban J connectivity index is 2.07. The van der Waals surface area contributed by atoms with Crippen LogP contribution in [-0.4, -0.2) is 11.6 Å². The van der Waals surface area contributed by atoms with Crippen LogP contribution in [-0.2, 0) is 9.59 Å². The van der Waals surface area contributed by atoms with Gasteiger partial charge < -0.3 is 0 Å². The smallest absolute Gasteiger partial charge is 0.140 e. The zero-order valence-corrected chi connectivity index (χ0v) is 6.69. The molecule has 3 aliphatic rings. The summed E-state index contributed by atoms with van der Waals surface area (Å²) in [5.41, 5.74) is 0. The predicted molar refractivity (Wildman–Crippen MR) is 42.3 cm³/mol. The Kier molecular flexibility index (Phi) is 1.03. The van der Waals surface area contributed by atoms with Crippen molar-refractivity contribution in [2.45, 2.75) is 12.8 Å². The van der Waals surface area contributed by atoms with Crippen molar-refractivity contribution < 1.29 is 9.59 Å². The molecule has 0 aromatic rings. The Hall–Kier alpha value is -0.920. The molecule has 2 saturated carbocycles. The van der Waals surface area contributed by atoms with Crippen LogP contribution >= 0.6 is 0 Å². The standard InChI is InChI=1S/C10H10O2/c11-8-3-5-4-9(12)7-2-1-6(8)10(5)7/h1-2,5-7,10H,3-4H2. The lowest BCUT2D eigenvalue weighted by atomic mass is 9.91. The number of hydrogen-bond acceptors (Lipinski definition) is 2. The first-order chi connectivity index (χ1) is 5.77. The summed E-state index contributed by atoms with van der Waals surface area (Å²) < 4.78 is 0. The summed E-state index contributed by atoms with van der Waals surface area (Å²) in [6.45, 7) is 0. The summed E-state index contributed by atoms with van der Waals surface area (Å²) in [5, 5.41) is 0. The zero-order chi connectivity index (χ0) is 8.29. The highest BCUT2D eigenvalue weighted by molar-refractivity contribution is 5.94. The molecule has 0 aromatic heterocycles. The largest absolute Gasteiger partial charge is 0.299 e. The van der Waals surface area contributed by atoms with Crippen LogP contribution in [0.1, 0.15) is 12.8 Å². The van der Waals surface area contributed by atoms with Gasteiger partial charge in [0.2, 0.25) is 0 Å². The van der Waals surface area contributed by atoms with Crippen molar-refractivity contribution in [2.75, 3.05) is 0 Å². The highest BCUT2D eigenvalue weighted by Crippen LogP contribution is 2.51. The molecule has 2 nitrogen and oxygen atoms in total. The van der Waals surface area contributed by atoms with Crippen LogP contribution in [0.4, 0.5) is 0 Å². The maximum atomic E-state index is 11.4. The van der Waals surface area contributed by atoms with Crippen molar-refractivity contribution in [3.8, 4) is 0 Å². The quantitative estimate of drug-likeness (QED) is 0.497. The molecule has 62 valence electrons. The van der Waals surface area contributed by atoms with E-state index in [-0.39, 0.29) is 11.8 Å².